The van der Waals surface area contributed by atoms with Crippen molar-refractivity contribution in [1.82, 2.24) is 4.98 Å². The fourth-order valence-electron chi connectivity index (χ4n) is 2.23. The van der Waals surface area contributed by atoms with Gasteiger partial charge >= 0.3 is 0 Å². The topological polar surface area (TPSA) is 70.2 Å². The highest BCUT2D eigenvalue weighted by molar-refractivity contribution is 7.86. The van der Waals surface area contributed by atoms with Gasteiger partial charge in [0.25, 0.3) is 10.1 Å². The molecule has 96 valence electrons. The van der Waals surface area contributed by atoms with E-state index in [0.717, 1.165) is 5.39 Å². The monoisotopic (exact) mass is 273 g/mol. The third kappa shape index (κ3) is 2.03. The number of aromatic amines is 1. The number of nitrogens with one attached hydrogen (secondary N) is 1. The van der Waals surface area contributed by atoms with Crippen LogP contribution in [0.2, 0.25) is 0 Å². The summed E-state index contributed by atoms with van der Waals surface area (Å²) in [6, 6.07) is 14.1. The van der Waals surface area contributed by atoms with Gasteiger partial charge in [-0.15, -0.1) is 0 Å². The summed E-state index contributed by atoms with van der Waals surface area (Å²) >= 11 is 0. The third-order valence-electron chi connectivity index (χ3n) is 3.03. The Labute approximate surface area is 110 Å². The first-order valence-corrected chi connectivity index (χ1v) is 7.14. The number of rotatable bonds is 2. The van der Waals surface area contributed by atoms with Crippen LogP contribution in [0.4, 0.5) is 0 Å². The van der Waals surface area contributed by atoms with E-state index in [4.69, 9.17) is 0 Å². The Morgan fingerprint density at radius 2 is 1.74 bits per heavy atom. The molecule has 0 aliphatic heterocycles. The molecule has 0 amide bonds. The van der Waals surface area contributed by atoms with Gasteiger partial charge in [0.05, 0.1) is 0 Å². The predicted octanol–water partition coefficient (Wildman–Crippen LogP) is 3.08. The second-order valence-electron chi connectivity index (χ2n) is 4.22. The largest absolute Gasteiger partial charge is 0.361 e. The Bertz CT molecular complexity index is 836. The predicted molar refractivity (Wildman–Crippen MR) is 73.5 cm³/mol. The SMILES string of the molecule is O=S(=O)(O)c1c(-c2ccc[nH]2)ccc2ccccc12. The van der Waals surface area contributed by atoms with E-state index in [9.17, 15) is 13.0 Å². The molecule has 4 nitrogen and oxygen atoms in total. The summed E-state index contributed by atoms with van der Waals surface area (Å²) in [4.78, 5) is 2.89. The molecular weight excluding hydrogens is 262 g/mol. The lowest BCUT2D eigenvalue weighted by molar-refractivity contribution is 0.484. The Hall–Kier alpha value is -2.11. The van der Waals surface area contributed by atoms with Crippen molar-refractivity contribution in [3.63, 3.8) is 0 Å². The number of aromatic nitrogens is 1. The zero-order valence-electron chi connectivity index (χ0n) is 9.87. The Morgan fingerprint density at radius 3 is 2.42 bits per heavy atom. The van der Waals surface area contributed by atoms with Crippen molar-refractivity contribution >= 4 is 20.9 Å². The minimum Gasteiger partial charge on any atom is -0.361 e. The molecule has 0 unspecified atom stereocenters. The lowest BCUT2D eigenvalue weighted by Gasteiger charge is -2.09. The van der Waals surface area contributed by atoms with Crippen molar-refractivity contribution in [3.05, 3.63) is 54.7 Å². The molecule has 0 fully saturated rings. The highest BCUT2D eigenvalue weighted by Gasteiger charge is 2.20. The van der Waals surface area contributed by atoms with Crippen LogP contribution in [0.3, 0.4) is 0 Å². The van der Waals surface area contributed by atoms with E-state index in [1.54, 1.807) is 36.5 Å². The fourth-order valence-corrected chi connectivity index (χ4v) is 3.15. The highest BCUT2D eigenvalue weighted by Crippen LogP contribution is 2.32. The van der Waals surface area contributed by atoms with Crippen molar-refractivity contribution in [2.45, 2.75) is 4.90 Å². The first-order valence-electron chi connectivity index (χ1n) is 5.70. The van der Waals surface area contributed by atoms with Crippen LogP contribution < -0.4 is 0 Å². The number of H-pyrrole nitrogens is 1. The number of hydrogen-bond donors (Lipinski definition) is 2. The zero-order valence-corrected chi connectivity index (χ0v) is 10.7. The maximum Gasteiger partial charge on any atom is 0.295 e. The summed E-state index contributed by atoms with van der Waals surface area (Å²) < 4.78 is 32.9. The summed E-state index contributed by atoms with van der Waals surface area (Å²) in [5.41, 5.74) is 1.12. The highest BCUT2D eigenvalue weighted by atomic mass is 32.2. The van der Waals surface area contributed by atoms with Gasteiger partial charge in [0.2, 0.25) is 0 Å². The summed E-state index contributed by atoms with van der Waals surface area (Å²) in [6.45, 7) is 0. The first kappa shape index (κ1) is 12.0. The van der Waals surface area contributed by atoms with Gasteiger partial charge in [0.15, 0.2) is 0 Å². The Balaban J connectivity index is 2.47. The molecule has 5 heteroatoms. The number of fused-ring (bicyclic) bond motifs is 1. The van der Waals surface area contributed by atoms with E-state index in [1.165, 1.54) is 0 Å². The molecule has 0 saturated heterocycles. The third-order valence-corrected chi connectivity index (χ3v) is 3.98. The van der Waals surface area contributed by atoms with Gasteiger partial charge in [0, 0.05) is 22.8 Å². The quantitative estimate of drug-likeness (QED) is 0.705. The van der Waals surface area contributed by atoms with Crippen molar-refractivity contribution in [2.75, 3.05) is 0 Å². The van der Waals surface area contributed by atoms with E-state index in [0.29, 0.717) is 16.6 Å². The van der Waals surface area contributed by atoms with Gasteiger partial charge in [-0.2, -0.15) is 8.42 Å². The molecule has 19 heavy (non-hydrogen) atoms. The van der Waals surface area contributed by atoms with Crippen LogP contribution in [0.15, 0.2) is 59.6 Å². The molecule has 2 N–H and O–H groups in total. The van der Waals surface area contributed by atoms with Gasteiger partial charge in [-0.1, -0.05) is 36.4 Å². The molecule has 1 aromatic heterocycles. The summed E-state index contributed by atoms with van der Waals surface area (Å²) in [6.07, 6.45) is 1.71. The van der Waals surface area contributed by atoms with E-state index in [1.807, 2.05) is 18.2 Å². The molecule has 0 radical (unpaired) electrons. The molecular formula is C14H11NO3S. The second kappa shape index (κ2) is 4.22. The lowest BCUT2D eigenvalue weighted by atomic mass is 10.1. The minimum absolute atomic E-state index is 0.0620. The van der Waals surface area contributed by atoms with Crippen LogP contribution >= 0.6 is 0 Å². The van der Waals surface area contributed by atoms with E-state index in [-0.39, 0.29) is 4.90 Å². The first-order chi connectivity index (χ1) is 9.07. The molecule has 0 saturated carbocycles. The van der Waals surface area contributed by atoms with Crippen molar-refractivity contribution in [1.29, 1.82) is 0 Å². The van der Waals surface area contributed by atoms with Crippen LogP contribution in [-0.4, -0.2) is 18.0 Å². The average Bonchev–Trinajstić information content (AvgIpc) is 2.90. The molecule has 3 aromatic rings. The van der Waals surface area contributed by atoms with E-state index < -0.39 is 10.1 Å². The van der Waals surface area contributed by atoms with Crippen LogP contribution in [0.5, 0.6) is 0 Å². The van der Waals surface area contributed by atoms with Crippen LogP contribution in [0, 0.1) is 0 Å². The lowest BCUT2D eigenvalue weighted by Crippen LogP contribution is -2.02. The molecule has 0 aliphatic rings. The Kier molecular flexibility index (Phi) is 2.66. The second-order valence-corrected chi connectivity index (χ2v) is 5.58. The van der Waals surface area contributed by atoms with Gasteiger partial charge in [-0.05, 0) is 17.5 Å². The molecule has 2 aromatic carbocycles. The van der Waals surface area contributed by atoms with Gasteiger partial charge in [-0.25, -0.2) is 0 Å². The van der Waals surface area contributed by atoms with Crippen molar-refractivity contribution < 1.29 is 13.0 Å². The van der Waals surface area contributed by atoms with Gasteiger partial charge in [-0.3, -0.25) is 4.55 Å². The molecule has 0 aliphatic carbocycles. The average molecular weight is 273 g/mol. The molecule has 0 bridgehead atoms. The molecule has 0 atom stereocenters. The summed E-state index contributed by atoms with van der Waals surface area (Å²) in [5, 5.41) is 1.28. The standard InChI is InChI=1S/C14H11NO3S/c16-19(17,18)14-11-5-2-1-4-10(11)7-8-12(14)13-6-3-9-15-13/h1-9,15H,(H,16,17,18). The van der Waals surface area contributed by atoms with E-state index in [2.05, 4.69) is 4.98 Å². The smallest absolute Gasteiger partial charge is 0.295 e. The van der Waals surface area contributed by atoms with E-state index >= 15 is 0 Å². The minimum atomic E-state index is -4.31. The fraction of sp³-hybridized carbons (Fsp3) is 0. The number of benzene rings is 2. The van der Waals surface area contributed by atoms with Crippen LogP contribution in [-0.2, 0) is 10.1 Å². The summed E-state index contributed by atoms with van der Waals surface area (Å²) in [7, 11) is -4.31. The van der Waals surface area contributed by atoms with Gasteiger partial charge < -0.3 is 4.98 Å². The Morgan fingerprint density at radius 1 is 0.947 bits per heavy atom. The summed E-state index contributed by atoms with van der Waals surface area (Å²) in [5.74, 6) is 0. The molecule has 3 rings (SSSR count). The normalized spacial score (nSPS) is 11.8. The van der Waals surface area contributed by atoms with Gasteiger partial charge in [0.1, 0.15) is 4.90 Å². The van der Waals surface area contributed by atoms with Crippen LogP contribution in [0.1, 0.15) is 0 Å². The molecule has 0 spiro atoms. The van der Waals surface area contributed by atoms with Crippen molar-refractivity contribution in [3.8, 4) is 11.3 Å². The molecule has 1 heterocycles. The maximum atomic E-state index is 11.7. The maximum absolute atomic E-state index is 11.7. The number of hydrogen-bond acceptors (Lipinski definition) is 2. The van der Waals surface area contributed by atoms with Crippen molar-refractivity contribution in [2.24, 2.45) is 0 Å². The zero-order chi connectivity index (χ0) is 13.5. The van der Waals surface area contributed by atoms with Crippen LogP contribution in [0.25, 0.3) is 22.0 Å².